The van der Waals surface area contributed by atoms with Crippen LogP contribution in [-0.2, 0) is 11.3 Å². The number of nitrogens with zero attached hydrogens (tertiary/aromatic N) is 8. The van der Waals surface area contributed by atoms with E-state index >= 15 is 0 Å². The Bertz CT molecular complexity index is 1400. The number of hydrogen-bond acceptors (Lipinski definition) is 10. The van der Waals surface area contributed by atoms with Crippen molar-refractivity contribution in [3.63, 3.8) is 0 Å². The molecule has 3 aliphatic rings. The molecule has 1 atom stereocenters. The van der Waals surface area contributed by atoms with Gasteiger partial charge in [0.2, 0.25) is 5.90 Å². The SMILES string of the molecule is CCNc1cc2c(cn1)c(-c1ccc(CN3CCN(C)CC3)nc1)nn2C1CCC(OC2=NN(CC)C(O)C=C2)CC1. The van der Waals surface area contributed by atoms with Gasteiger partial charge in [0.15, 0.2) is 6.23 Å². The average Bonchev–Trinajstić information content (AvgIpc) is 3.39. The summed E-state index contributed by atoms with van der Waals surface area (Å²) in [6.45, 7) is 10.7. The lowest BCUT2D eigenvalue weighted by atomic mass is 9.93. The normalized spacial score (nSPS) is 23.8. The number of aliphatic hydroxyl groups is 1. The van der Waals surface area contributed by atoms with E-state index in [1.807, 2.05) is 19.3 Å². The minimum atomic E-state index is -0.690. The zero-order chi connectivity index (χ0) is 29.1. The quantitative estimate of drug-likeness (QED) is 0.417. The van der Waals surface area contributed by atoms with Crippen molar-refractivity contribution in [2.45, 2.75) is 64.4 Å². The lowest BCUT2D eigenvalue weighted by Crippen LogP contribution is -2.43. The number of nitrogens with one attached hydrogen (secondary N) is 1. The van der Waals surface area contributed by atoms with Crippen LogP contribution in [0.1, 0.15) is 51.3 Å². The van der Waals surface area contributed by atoms with Crippen molar-refractivity contribution in [2.75, 3.05) is 51.6 Å². The zero-order valence-electron chi connectivity index (χ0n) is 25.0. The Balaban J connectivity index is 1.19. The van der Waals surface area contributed by atoms with Crippen molar-refractivity contribution < 1.29 is 9.84 Å². The molecule has 2 aliphatic heterocycles. The fourth-order valence-corrected chi connectivity index (χ4v) is 6.08. The number of pyridine rings is 2. The number of hydrazone groups is 1. The van der Waals surface area contributed by atoms with E-state index in [0.717, 1.165) is 98.6 Å². The Labute approximate surface area is 247 Å². The van der Waals surface area contributed by atoms with Gasteiger partial charge < -0.3 is 20.1 Å². The third-order valence-electron chi connectivity index (χ3n) is 8.57. The van der Waals surface area contributed by atoms with Gasteiger partial charge in [-0.15, -0.1) is 5.10 Å². The van der Waals surface area contributed by atoms with Crippen LogP contribution in [0.25, 0.3) is 22.2 Å². The van der Waals surface area contributed by atoms with Crippen LogP contribution in [0.5, 0.6) is 0 Å². The first-order valence-electron chi connectivity index (χ1n) is 15.4. The standard InChI is InChI=1S/C31H43N9O2/c1-4-32-28-18-27-26(20-34-28)31(22-6-7-23(33-19-22)21-38-16-14-37(3)15-17-38)36-40(27)24-8-10-25(11-9-24)42-29-12-13-30(41)39(5-2)35-29/h6-7,12-13,18-20,24-25,30,41H,4-5,8-11,14-17,21H2,1-3H3,(H,32,34). The summed E-state index contributed by atoms with van der Waals surface area (Å²) in [5, 5.41) is 25.7. The van der Waals surface area contributed by atoms with E-state index in [1.54, 1.807) is 17.2 Å². The average molecular weight is 574 g/mol. The Morgan fingerprint density at radius 2 is 1.83 bits per heavy atom. The van der Waals surface area contributed by atoms with Gasteiger partial charge >= 0.3 is 0 Å². The highest BCUT2D eigenvalue weighted by Gasteiger charge is 2.28. The van der Waals surface area contributed by atoms with Gasteiger partial charge in [-0.3, -0.25) is 19.6 Å². The summed E-state index contributed by atoms with van der Waals surface area (Å²) in [5.74, 6) is 1.43. The van der Waals surface area contributed by atoms with Crippen LogP contribution >= 0.6 is 0 Å². The maximum Gasteiger partial charge on any atom is 0.230 e. The van der Waals surface area contributed by atoms with E-state index in [-0.39, 0.29) is 12.1 Å². The van der Waals surface area contributed by atoms with E-state index in [0.29, 0.717) is 12.4 Å². The predicted molar refractivity (Wildman–Crippen MR) is 165 cm³/mol. The number of aliphatic hydroxyl groups excluding tert-OH is 1. The third kappa shape index (κ3) is 6.28. The number of anilines is 1. The molecular weight excluding hydrogens is 530 g/mol. The Morgan fingerprint density at radius 1 is 1.02 bits per heavy atom. The van der Waals surface area contributed by atoms with Crippen LogP contribution < -0.4 is 5.32 Å². The van der Waals surface area contributed by atoms with Crippen molar-refractivity contribution in [1.29, 1.82) is 0 Å². The minimum Gasteiger partial charge on any atom is -0.473 e. The second-order valence-electron chi connectivity index (χ2n) is 11.5. The molecule has 3 aromatic heterocycles. The zero-order valence-corrected chi connectivity index (χ0v) is 25.0. The summed E-state index contributed by atoms with van der Waals surface area (Å²) in [6, 6.07) is 6.69. The molecule has 1 unspecified atom stereocenters. The van der Waals surface area contributed by atoms with Gasteiger partial charge in [0, 0.05) is 81.3 Å². The van der Waals surface area contributed by atoms with Crippen LogP contribution in [-0.4, -0.2) is 104 Å². The van der Waals surface area contributed by atoms with Gasteiger partial charge in [-0.2, -0.15) is 5.10 Å². The molecule has 1 aliphatic carbocycles. The lowest BCUT2D eigenvalue weighted by molar-refractivity contribution is 0.0377. The highest BCUT2D eigenvalue weighted by atomic mass is 16.5. The van der Waals surface area contributed by atoms with Gasteiger partial charge in [-0.25, -0.2) is 4.98 Å². The molecule has 3 aromatic rings. The topological polar surface area (TPSA) is 107 Å². The summed E-state index contributed by atoms with van der Waals surface area (Å²) in [4.78, 5) is 14.4. The van der Waals surface area contributed by atoms with Gasteiger partial charge in [0.25, 0.3) is 0 Å². The number of hydrogen-bond donors (Lipinski definition) is 2. The Kier molecular flexibility index (Phi) is 8.68. The van der Waals surface area contributed by atoms with E-state index in [1.165, 1.54) is 0 Å². The van der Waals surface area contributed by atoms with Crippen LogP contribution in [0, 0.1) is 0 Å². The van der Waals surface area contributed by atoms with Crippen LogP contribution in [0.2, 0.25) is 0 Å². The predicted octanol–water partition coefficient (Wildman–Crippen LogP) is 3.70. The Hall–Kier alpha value is -3.54. The molecule has 0 spiro atoms. The molecule has 2 N–H and O–H groups in total. The molecule has 5 heterocycles. The highest BCUT2D eigenvalue weighted by molar-refractivity contribution is 5.94. The monoisotopic (exact) mass is 573 g/mol. The maximum absolute atomic E-state index is 10.0. The molecule has 224 valence electrons. The van der Waals surface area contributed by atoms with Crippen LogP contribution in [0.15, 0.2) is 47.8 Å². The number of fused-ring (bicyclic) bond motifs is 1. The fourth-order valence-electron chi connectivity index (χ4n) is 6.08. The summed E-state index contributed by atoms with van der Waals surface area (Å²) in [7, 11) is 2.18. The largest absolute Gasteiger partial charge is 0.473 e. The third-order valence-corrected chi connectivity index (χ3v) is 8.57. The molecule has 0 amide bonds. The summed E-state index contributed by atoms with van der Waals surface area (Å²) < 4.78 is 8.43. The van der Waals surface area contributed by atoms with E-state index < -0.39 is 6.23 Å². The van der Waals surface area contributed by atoms with Crippen molar-refractivity contribution in [1.82, 2.24) is 34.6 Å². The molecular formula is C31H43N9O2. The van der Waals surface area contributed by atoms with Crippen molar-refractivity contribution >= 4 is 22.6 Å². The fraction of sp³-hybridized carbons (Fsp3) is 0.548. The smallest absolute Gasteiger partial charge is 0.230 e. The summed E-state index contributed by atoms with van der Waals surface area (Å²) in [5.41, 5.74) is 4.12. The molecule has 2 fully saturated rings. The number of ether oxygens (including phenoxy) is 1. The maximum atomic E-state index is 10.0. The first kappa shape index (κ1) is 28.6. The van der Waals surface area contributed by atoms with E-state index in [2.05, 4.69) is 62.1 Å². The van der Waals surface area contributed by atoms with Crippen molar-refractivity contribution in [3.8, 4) is 11.3 Å². The number of likely N-dealkylation sites (N-methyl/N-ethyl adjacent to an activating group) is 2. The van der Waals surface area contributed by atoms with Crippen LogP contribution in [0.4, 0.5) is 5.82 Å². The number of piperazine rings is 1. The molecule has 11 heteroatoms. The van der Waals surface area contributed by atoms with Crippen molar-refractivity contribution in [3.05, 3.63) is 48.4 Å². The summed E-state index contributed by atoms with van der Waals surface area (Å²) in [6.07, 6.45) is 10.6. The van der Waals surface area contributed by atoms with Gasteiger partial charge in [-0.1, -0.05) is 0 Å². The Morgan fingerprint density at radius 3 is 2.55 bits per heavy atom. The van der Waals surface area contributed by atoms with Gasteiger partial charge in [-0.05, 0) is 64.8 Å². The van der Waals surface area contributed by atoms with Crippen molar-refractivity contribution in [2.24, 2.45) is 5.10 Å². The number of aromatic nitrogens is 4. The van der Waals surface area contributed by atoms with E-state index in [4.69, 9.17) is 14.8 Å². The number of rotatable bonds is 8. The lowest BCUT2D eigenvalue weighted by Gasteiger charge is -2.32. The molecule has 1 saturated heterocycles. The van der Waals surface area contributed by atoms with Gasteiger partial charge in [0.1, 0.15) is 17.6 Å². The van der Waals surface area contributed by atoms with Gasteiger partial charge in [0.05, 0.1) is 17.3 Å². The molecule has 6 rings (SSSR count). The second kappa shape index (κ2) is 12.8. The van der Waals surface area contributed by atoms with Crippen LogP contribution in [0.3, 0.4) is 0 Å². The minimum absolute atomic E-state index is 0.0935. The highest BCUT2D eigenvalue weighted by Crippen LogP contribution is 2.36. The second-order valence-corrected chi connectivity index (χ2v) is 11.5. The first-order chi connectivity index (χ1) is 20.5. The molecule has 0 aromatic carbocycles. The van der Waals surface area contributed by atoms with E-state index in [9.17, 15) is 5.11 Å². The molecule has 0 bridgehead atoms. The molecule has 1 saturated carbocycles. The molecule has 0 radical (unpaired) electrons. The molecule has 42 heavy (non-hydrogen) atoms. The molecule has 11 nitrogen and oxygen atoms in total. The summed E-state index contributed by atoms with van der Waals surface area (Å²) >= 11 is 0. The first-order valence-corrected chi connectivity index (χ1v) is 15.4.